The van der Waals surface area contributed by atoms with Crippen molar-refractivity contribution in [2.45, 2.75) is 12.8 Å². The molecule has 0 radical (unpaired) electrons. The smallest absolute Gasteiger partial charge is 0.308 e. The fraction of sp³-hybridized carbons (Fsp3) is 0.267. The summed E-state index contributed by atoms with van der Waals surface area (Å²) in [4.78, 5) is 28.9. The quantitative estimate of drug-likeness (QED) is 0.186. The monoisotopic (exact) mass is 684 g/mol. The minimum Gasteiger partial charge on any atom is -0.481 e. The van der Waals surface area contributed by atoms with Gasteiger partial charge in [0.1, 0.15) is 0 Å². The maximum atomic E-state index is 12.1. The maximum absolute atomic E-state index is 12.1. The zero-order chi connectivity index (χ0) is 30.1. The van der Waals surface area contributed by atoms with E-state index in [1.54, 1.807) is 23.5 Å². The van der Waals surface area contributed by atoms with Gasteiger partial charge in [-0.3, -0.25) is 14.5 Å². The van der Waals surface area contributed by atoms with E-state index >= 15 is 0 Å². The van der Waals surface area contributed by atoms with Crippen molar-refractivity contribution in [2.75, 3.05) is 39.4 Å². The predicted octanol–water partition coefficient (Wildman–Crippen LogP) is 8.06. The lowest BCUT2D eigenvalue weighted by atomic mass is 10.2. The van der Waals surface area contributed by atoms with Crippen LogP contribution in [0.5, 0.6) is 0 Å². The van der Waals surface area contributed by atoms with Gasteiger partial charge in [0.25, 0.3) is 0 Å². The van der Waals surface area contributed by atoms with Gasteiger partial charge in [0.15, 0.2) is 0 Å². The van der Waals surface area contributed by atoms with E-state index in [0.29, 0.717) is 33.1 Å². The van der Waals surface area contributed by atoms with Crippen molar-refractivity contribution in [2.24, 2.45) is 0 Å². The number of hydrogen-bond acceptors (Lipinski definition) is 6. The Labute approximate surface area is 272 Å². The number of rotatable bonds is 9. The van der Waals surface area contributed by atoms with Gasteiger partial charge in [0.2, 0.25) is 5.91 Å². The molecule has 0 atom stereocenters. The molecule has 12 heteroatoms. The van der Waals surface area contributed by atoms with E-state index in [2.05, 4.69) is 10.2 Å². The van der Waals surface area contributed by atoms with Gasteiger partial charge in [-0.25, -0.2) is 0 Å². The van der Waals surface area contributed by atoms with Gasteiger partial charge in [-0.15, -0.1) is 22.7 Å². The second-order valence-electron chi connectivity index (χ2n) is 9.40. The van der Waals surface area contributed by atoms with Crippen LogP contribution in [0.2, 0.25) is 20.1 Å². The van der Waals surface area contributed by atoms with Gasteiger partial charge < -0.3 is 15.2 Å². The highest BCUT2D eigenvalue weighted by Gasteiger charge is 2.12. The number of nitrogens with one attached hydrogen (secondary N) is 1. The Bertz CT molecular complexity index is 1480. The van der Waals surface area contributed by atoms with Crippen molar-refractivity contribution in [3.63, 3.8) is 0 Å². The van der Waals surface area contributed by atoms with Gasteiger partial charge >= 0.3 is 5.97 Å². The Kier molecular flexibility index (Phi) is 12.5. The number of carboxylic acid groups (broad SMARTS) is 1. The summed E-state index contributed by atoms with van der Waals surface area (Å²) >= 11 is 27.0. The molecule has 1 amide bonds. The van der Waals surface area contributed by atoms with Crippen LogP contribution in [0, 0.1) is 0 Å². The first-order valence-corrected chi connectivity index (χ1v) is 16.2. The highest BCUT2D eigenvalue weighted by molar-refractivity contribution is 7.15. The maximum Gasteiger partial charge on any atom is 0.308 e. The molecular weight excluding hydrogens is 658 g/mol. The van der Waals surface area contributed by atoms with Crippen LogP contribution in [-0.2, 0) is 27.2 Å². The van der Waals surface area contributed by atoms with Gasteiger partial charge in [-0.05, 0) is 71.8 Å². The molecule has 6 nitrogen and oxygen atoms in total. The molecule has 1 fully saturated rings. The lowest BCUT2D eigenvalue weighted by Crippen LogP contribution is -2.41. The van der Waals surface area contributed by atoms with Crippen molar-refractivity contribution in [3.8, 4) is 20.9 Å². The topological polar surface area (TPSA) is 78.9 Å². The molecule has 5 rings (SSSR count). The number of hydrogen-bond donors (Lipinski definition) is 2. The molecule has 0 bridgehead atoms. The van der Waals surface area contributed by atoms with Crippen molar-refractivity contribution in [1.82, 2.24) is 10.2 Å². The summed E-state index contributed by atoms with van der Waals surface area (Å²) in [7, 11) is 0. The van der Waals surface area contributed by atoms with Gasteiger partial charge in [0, 0.05) is 65.8 Å². The molecule has 3 heterocycles. The van der Waals surface area contributed by atoms with E-state index in [1.807, 2.05) is 48.5 Å². The first kappa shape index (κ1) is 32.8. The number of halogens is 4. The number of carbonyl (C=O) groups is 2. The van der Waals surface area contributed by atoms with Crippen molar-refractivity contribution < 1.29 is 19.4 Å². The fourth-order valence-corrected chi connectivity index (χ4v) is 7.23. The van der Waals surface area contributed by atoms with Gasteiger partial charge in [-0.1, -0.05) is 46.4 Å². The zero-order valence-electron chi connectivity index (χ0n) is 22.4. The largest absolute Gasteiger partial charge is 0.481 e. The van der Waals surface area contributed by atoms with Crippen molar-refractivity contribution >= 4 is 81.0 Å². The Morgan fingerprint density at radius 2 is 1.24 bits per heavy atom. The van der Waals surface area contributed by atoms with Crippen LogP contribution in [0.4, 0.5) is 0 Å². The van der Waals surface area contributed by atoms with Crippen LogP contribution < -0.4 is 5.32 Å². The molecule has 4 aromatic rings. The number of carboxylic acids is 1. The average molecular weight is 687 g/mol. The lowest BCUT2D eigenvalue weighted by molar-refractivity contribution is -0.136. The van der Waals surface area contributed by atoms with E-state index in [4.69, 9.17) is 56.2 Å². The number of ether oxygens (including phenoxy) is 1. The summed E-state index contributed by atoms with van der Waals surface area (Å²) in [6, 6.07) is 18.4. The van der Waals surface area contributed by atoms with Crippen LogP contribution >= 0.6 is 69.1 Å². The molecule has 2 N–H and O–H groups in total. The summed E-state index contributed by atoms with van der Waals surface area (Å²) in [6.07, 6.45) is 0.432. The third kappa shape index (κ3) is 10.5. The van der Waals surface area contributed by atoms with Crippen LogP contribution in [0.15, 0.2) is 60.7 Å². The van der Waals surface area contributed by atoms with E-state index in [1.165, 1.54) is 11.3 Å². The van der Waals surface area contributed by atoms with Gasteiger partial charge in [-0.2, -0.15) is 0 Å². The molecule has 222 valence electrons. The molecule has 0 spiro atoms. The van der Waals surface area contributed by atoms with E-state index in [9.17, 15) is 9.59 Å². The second kappa shape index (κ2) is 16.1. The summed E-state index contributed by atoms with van der Waals surface area (Å²) in [5.41, 5.74) is 1.88. The Morgan fingerprint density at radius 3 is 1.71 bits per heavy atom. The van der Waals surface area contributed by atoms with Gasteiger partial charge in [0.05, 0.1) is 26.1 Å². The zero-order valence-corrected chi connectivity index (χ0v) is 27.0. The summed E-state index contributed by atoms with van der Waals surface area (Å²) in [5.74, 6) is -0.784. The first-order valence-electron chi connectivity index (χ1n) is 13.0. The SMILES string of the molecule is O=C(Cc1ccc(-c2cc(Cl)cc(Cl)c2)s1)NCCN1CCOCC1.O=C(O)Cc1ccc(-c2cc(Cl)cc(Cl)c2)s1. The molecule has 42 heavy (non-hydrogen) atoms. The predicted molar refractivity (Wildman–Crippen MR) is 175 cm³/mol. The fourth-order valence-electron chi connectivity index (χ4n) is 4.20. The van der Waals surface area contributed by atoms with E-state index in [0.717, 1.165) is 63.5 Å². The number of aliphatic carboxylic acids is 1. The minimum absolute atomic E-state index is 0.0406. The number of amides is 1. The van der Waals surface area contributed by atoms with Crippen LogP contribution in [0.1, 0.15) is 9.75 Å². The number of morpholine rings is 1. The standard InChI is InChI=1S/C18H20Cl2N2O2S.C12H8Cl2O2S/c19-14-9-13(10-15(20)11-14)17-2-1-16(25-17)12-18(23)21-3-4-22-5-7-24-8-6-22;13-8-3-7(4-9(14)5-8)11-2-1-10(17-11)6-12(15)16/h1-2,9-11H,3-8,12H2,(H,21,23);1-5H,6H2,(H,15,16). The molecule has 0 saturated carbocycles. The second-order valence-corrected chi connectivity index (χ2v) is 13.5. The molecule has 0 aliphatic carbocycles. The van der Waals surface area contributed by atoms with Crippen LogP contribution in [0.25, 0.3) is 20.9 Å². The molecule has 1 aliphatic heterocycles. The third-order valence-corrected chi connectivity index (χ3v) is 9.27. The number of carbonyl (C=O) groups excluding carboxylic acids is 1. The molecular formula is C30H28Cl4N2O4S2. The summed E-state index contributed by atoms with van der Waals surface area (Å²) < 4.78 is 5.32. The normalized spacial score (nSPS) is 13.3. The minimum atomic E-state index is -0.831. The third-order valence-electron chi connectivity index (χ3n) is 6.13. The average Bonchev–Trinajstić information content (AvgIpc) is 3.58. The summed E-state index contributed by atoms with van der Waals surface area (Å²) in [5, 5.41) is 14.0. The van der Waals surface area contributed by atoms with Crippen LogP contribution in [-0.4, -0.2) is 61.3 Å². The Hall–Kier alpha value is -2.14. The van der Waals surface area contributed by atoms with Crippen molar-refractivity contribution in [1.29, 1.82) is 0 Å². The highest BCUT2D eigenvalue weighted by Crippen LogP contribution is 2.33. The first-order chi connectivity index (χ1) is 20.1. The van der Waals surface area contributed by atoms with E-state index < -0.39 is 5.97 Å². The van der Waals surface area contributed by atoms with Crippen LogP contribution in [0.3, 0.4) is 0 Å². The lowest BCUT2D eigenvalue weighted by Gasteiger charge is -2.26. The number of nitrogens with zero attached hydrogens (tertiary/aromatic N) is 1. The Morgan fingerprint density at radius 1 is 0.762 bits per heavy atom. The number of thiophene rings is 2. The highest BCUT2D eigenvalue weighted by atomic mass is 35.5. The van der Waals surface area contributed by atoms with E-state index in [-0.39, 0.29) is 12.3 Å². The molecule has 1 saturated heterocycles. The molecule has 2 aromatic carbocycles. The summed E-state index contributed by atoms with van der Waals surface area (Å²) in [6.45, 7) is 4.96. The molecule has 2 aromatic heterocycles. The molecule has 1 aliphatic rings. The van der Waals surface area contributed by atoms with Crippen molar-refractivity contribution in [3.05, 3.63) is 90.5 Å². The molecule has 0 unspecified atom stereocenters. The number of benzene rings is 2. The Balaban J connectivity index is 0.000000208.